The lowest BCUT2D eigenvalue weighted by Crippen LogP contribution is -2.31. The Balaban J connectivity index is 2.01. The number of nitrogens with one attached hydrogen (secondary N) is 1. The van der Waals surface area contributed by atoms with Gasteiger partial charge in [-0.1, -0.05) is 12.1 Å². The van der Waals surface area contributed by atoms with Gasteiger partial charge < -0.3 is 19.5 Å². The molecule has 1 N–H and O–H groups in total. The fraction of sp³-hybridized carbons (Fsp3) is 0.300. The summed E-state index contributed by atoms with van der Waals surface area (Å²) in [6, 6.07) is 11.3. The van der Waals surface area contributed by atoms with Gasteiger partial charge >= 0.3 is 5.97 Å². The number of amides is 1. The van der Waals surface area contributed by atoms with Gasteiger partial charge in [0.2, 0.25) is 0 Å². The number of hydrogen-bond acceptors (Lipinski definition) is 6. The topological polar surface area (TPSA) is 90.9 Å². The Morgan fingerprint density at radius 1 is 1.11 bits per heavy atom. The predicted molar refractivity (Wildman–Crippen MR) is 105 cm³/mol. The molecule has 2 aromatic rings. The van der Waals surface area contributed by atoms with Crippen molar-refractivity contribution in [1.82, 2.24) is 5.32 Å². The molecule has 0 fully saturated rings. The number of ether oxygens (including phenoxy) is 3. The molecule has 8 heteroatoms. The minimum Gasteiger partial charge on any atom is -0.497 e. The minimum atomic E-state index is -1.34. The average molecular weight is 405 g/mol. The predicted octanol–water partition coefficient (Wildman–Crippen LogP) is 2.48. The third kappa shape index (κ3) is 5.32. The fourth-order valence-corrected chi connectivity index (χ4v) is 3.36. The van der Waals surface area contributed by atoms with Crippen LogP contribution in [-0.4, -0.2) is 43.2 Å². The van der Waals surface area contributed by atoms with Crippen molar-refractivity contribution in [3.8, 4) is 11.5 Å². The molecule has 0 aliphatic heterocycles. The normalized spacial score (nSPS) is 12.6. The molecule has 0 radical (unpaired) electrons. The van der Waals surface area contributed by atoms with Crippen LogP contribution < -0.4 is 14.8 Å². The van der Waals surface area contributed by atoms with E-state index in [0.29, 0.717) is 16.4 Å². The zero-order chi connectivity index (χ0) is 20.7. The van der Waals surface area contributed by atoms with Crippen LogP contribution in [0.2, 0.25) is 0 Å². The summed E-state index contributed by atoms with van der Waals surface area (Å²) in [4.78, 5) is 24.8. The van der Waals surface area contributed by atoms with E-state index in [4.69, 9.17) is 14.2 Å². The molecular formula is C20H23NO6S. The van der Waals surface area contributed by atoms with E-state index in [1.54, 1.807) is 50.4 Å². The summed E-state index contributed by atoms with van der Waals surface area (Å²) < 4.78 is 27.3. The Morgan fingerprint density at radius 2 is 1.82 bits per heavy atom. The lowest BCUT2D eigenvalue weighted by molar-refractivity contribution is -0.124. The number of hydrogen-bond donors (Lipinski definition) is 1. The Labute approximate surface area is 166 Å². The zero-order valence-electron chi connectivity index (χ0n) is 16.2. The van der Waals surface area contributed by atoms with Gasteiger partial charge in [-0.25, -0.2) is 4.79 Å². The van der Waals surface area contributed by atoms with Crippen molar-refractivity contribution in [2.24, 2.45) is 0 Å². The van der Waals surface area contributed by atoms with E-state index in [-0.39, 0.29) is 5.56 Å². The van der Waals surface area contributed by atoms with Crippen LogP contribution in [-0.2, 0) is 20.3 Å². The fourth-order valence-electron chi connectivity index (χ4n) is 2.63. The first-order chi connectivity index (χ1) is 13.4. The Morgan fingerprint density at radius 3 is 2.46 bits per heavy atom. The average Bonchev–Trinajstić information content (AvgIpc) is 2.71. The lowest BCUT2D eigenvalue weighted by atomic mass is 10.1. The van der Waals surface area contributed by atoms with Gasteiger partial charge in [-0.3, -0.25) is 9.00 Å². The van der Waals surface area contributed by atoms with E-state index in [9.17, 15) is 13.8 Å². The van der Waals surface area contributed by atoms with Crippen molar-refractivity contribution in [1.29, 1.82) is 0 Å². The SMILES string of the molecule is COc1ccc(OC)c([C@@H](C)NC(=O)COC(=O)c2ccccc2[S@](C)=O)c1. The van der Waals surface area contributed by atoms with Gasteiger partial charge in [0.1, 0.15) is 11.5 Å². The number of carbonyl (C=O) groups is 2. The maximum absolute atomic E-state index is 12.2. The Hall–Kier alpha value is -2.87. The summed E-state index contributed by atoms with van der Waals surface area (Å²) in [7, 11) is 1.75. The minimum absolute atomic E-state index is 0.179. The van der Waals surface area contributed by atoms with Crippen LogP contribution in [0.1, 0.15) is 28.9 Å². The van der Waals surface area contributed by atoms with E-state index in [0.717, 1.165) is 5.56 Å². The molecule has 2 aromatic carbocycles. The first-order valence-electron chi connectivity index (χ1n) is 8.48. The van der Waals surface area contributed by atoms with Crippen molar-refractivity contribution in [3.63, 3.8) is 0 Å². The number of carbonyl (C=O) groups excluding carboxylic acids is 2. The van der Waals surface area contributed by atoms with Crippen molar-refractivity contribution >= 4 is 22.7 Å². The summed E-state index contributed by atoms with van der Waals surface area (Å²) >= 11 is 0. The van der Waals surface area contributed by atoms with Gasteiger partial charge in [-0.05, 0) is 37.3 Å². The molecule has 0 aliphatic rings. The van der Waals surface area contributed by atoms with Crippen LogP contribution in [0.5, 0.6) is 11.5 Å². The largest absolute Gasteiger partial charge is 0.497 e. The number of rotatable bonds is 8. The Bertz CT molecular complexity index is 883. The van der Waals surface area contributed by atoms with E-state index < -0.39 is 35.3 Å². The highest BCUT2D eigenvalue weighted by molar-refractivity contribution is 7.84. The van der Waals surface area contributed by atoms with Gasteiger partial charge in [0.15, 0.2) is 6.61 Å². The number of methoxy groups -OCH3 is 2. The summed E-state index contributed by atoms with van der Waals surface area (Å²) in [5, 5.41) is 2.75. The maximum atomic E-state index is 12.2. The van der Waals surface area contributed by atoms with Crippen molar-refractivity contribution in [2.75, 3.05) is 27.1 Å². The van der Waals surface area contributed by atoms with E-state index in [1.165, 1.54) is 19.4 Å². The highest BCUT2D eigenvalue weighted by Gasteiger charge is 2.18. The van der Waals surface area contributed by atoms with Gasteiger partial charge in [-0.2, -0.15) is 0 Å². The van der Waals surface area contributed by atoms with E-state index >= 15 is 0 Å². The molecule has 0 spiro atoms. The number of benzene rings is 2. The summed E-state index contributed by atoms with van der Waals surface area (Å²) in [5.74, 6) is 0.0610. The van der Waals surface area contributed by atoms with Crippen molar-refractivity contribution < 1.29 is 28.0 Å². The van der Waals surface area contributed by atoms with Crippen molar-refractivity contribution in [2.45, 2.75) is 17.9 Å². The molecule has 0 aromatic heterocycles. The van der Waals surface area contributed by atoms with E-state index in [1.807, 2.05) is 0 Å². The van der Waals surface area contributed by atoms with E-state index in [2.05, 4.69) is 5.32 Å². The van der Waals surface area contributed by atoms with Crippen LogP contribution >= 0.6 is 0 Å². The second-order valence-corrected chi connectivity index (χ2v) is 7.27. The van der Waals surface area contributed by atoms with Crippen LogP contribution in [0.3, 0.4) is 0 Å². The molecule has 7 nitrogen and oxygen atoms in total. The molecule has 0 saturated heterocycles. The van der Waals surface area contributed by atoms with Gasteiger partial charge in [0.25, 0.3) is 5.91 Å². The smallest absolute Gasteiger partial charge is 0.339 e. The summed E-state index contributed by atoms with van der Waals surface area (Å²) in [6.07, 6.45) is 1.47. The molecule has 0 aliphatic carbocycles. The first-order valence-corrected chi connectivity index (χ1v) is 10.0. The quantitative estimate of drug-likeness (QED) is 0.679. The van der Waals surface area contributed by atoms with Crippen LogP contribution in [0.15, 0.2) is 47.4 Å². The number of esters is 1. The maximum Gasteiger partial charge on any atom is 0.339 e. The van der Waals surface area contributed by atoms with Gasteiger partial charge in [0, 0.05) is 11.8 Å². The molecule has 0 unspecified atom stereocenters. The lowest BCUT2D eigenvalue weighted by Gasteiger charge is -2.18. The third-order valence-corrected chi connectivity index (χ3v) is 5.01. The van der Waals surface area contributed by atoms with Crippen molar-refractivity contribution in [3.05, 3.63) is 53.6 Å². The molecule has 1 amide bonds. The molecule has 28 heavy (non-hydrogen) atoms. The molecule has 150 valence electrons. The second kappa shape index (κ2) is 9.89. The molecule has 2 atom stereocenters. The van der Waals surface area contributed by atoms with Crippen LogP contribution in [0, 0.1) is 0 Å². The van der Waals surface area contributed by atoms with Gasteiger partial charge in [-0.15, -0.1) is 0 Å². The highest BCUT2D eigenvalue weighted by Crippen LogP contribution is 2.29. The molecule has 2 rings (SSSR count). The second-order valence-electron chi connectivity index (χ2n) is 5.92. The van der Waals surface area contributed by atoms with Crippen LogP contribution in [0.25, 0.3) is 0 Å². The summed E-state index contributed by atoms with van der Waals surface area (Å²) in [5.41, 5.74) is 0.909. The molecule has 0 saturated carbocycles. The van der Waals surface area contributed by atoms with Crippen LogP contribution in [0.4, 0.5) is 0 Å². The molecule has 0 bridgehead atoms. The third-order valence-electron chi connectivity index (χ3n) is 4.03. The monoisotopic (exact) mass is 405 g/mol. The zero-order valence-corrected chi connectivity index (χ0v) is 17.0. The Kier molecular flexibility index (Phi) is 7.57. The molecule has 0 heterocycles. The van der Waals surface area contributed by atoms with Gasteiger partial charge in [0.05, 0.1) is 41.5 Å². The molecular weight excluding hydrogens is 382 g/mol. The highest BCUT2D eigenvalue weighted by atomic mass is 32.2. The summed E-state index contributed by atoms with van der Waals surface area (Å²) in [6.45, 7) is 1.33. The standard InChI is InChI=1S/C20H23NO6S/c1-13(16-11-14(25-2)9-10-17(16)26-3)21-19(22)12-27-20(23)15-7-5-6-8-18(15)28(4)24/h5-11,13H,12H2,1-4H3,(H,21,22)/t13-,28+/m1/s1. The first kappa shape index (κ1) is 21.4.